The highest BCUT2D eigenvalue weighted by Gasteiger charge is 2.37. The summed E-state index contributed by atoms with van der Waals surface area (Å²) in [5.41, 5.74) is 0. The van der Waals surface area contributed by atoms with Crippen molar-refractivity contribution in [1.29, 1.82) is 0 Å². The fourth-order valence-corrected chi connectivity index (χ4v) is 6.82. The van der Waals surface area contributed by atoms with E-state index in [0.29, 0.717) is 18.1 Å². The van der Waals surface area contributed by atoms with Crippen LogP contribution < -0.4 is 5.32 Å². The van der Waals surface area contributed by atoms with Crippen LogP contribution in [-0.4, -0.2) is 70.2 Å². The van der Waals surface area contributed by atoms with Crippen molar-refractivity contribution in [2.45, 2.75) is 5.37 Å². The molecule has 9 heteroatoms. The maximum absolute atomic E-state index is 12.0. The van der Waals surface area contributed by atoms with E-state index in [1.165, 1.54) is 11.8 Å². The maximum atomic E-state index is 12.0. The van der Waals surface area contributed by atoms with Gasteiger partial charge in [-0.05, 0) is 7.05 Å². The zero-order valence-corrected chi connectivity index (χ0v) is 12.4. The molecule has 0 aliphatic carbocycles. The molecule has 0 bridgehead atoms. The summed E-state index contributed by atoms with van der Waals surface area (Å²) in [6.07, 6.45) is 1.09. The number of hydrogen-bond acceptors (Lipinski definition) is 6. The lowest BCUT2D eigenvalue weighted by Gasteiger charge is -2.32. The largest absolute Gasteiger partial charge is 0.319 e. The summed E-state index contributed by atoms with van der Waals surface area (Å²) in [5.74, 6) is 0.891. The van der Waals surface area contributed by atoms with Crippen LogP contribution in [0.2, 0.25) is 0 Å². The van der Waals surface area contributed by atoms with Gasteiger partial charge in [0.1, 0.15) is 5.37 Å². The van der Waals surface area contributed by atoms with E-state index in [1.807, 2.05) is 0 Å². The van der Waals surface area contributed by atoms with E-state index >= 15 is 0 Å². The molecule has 17 heavy (non-hydrogen) atoms. The second kappa shape index (κ2) is 5.87. The SMILES string of the molecule is CNCCS(=O)(=O)N1CCSCC1S(C)(=O)=O. The van der Waals surface area contributed by atoms with Crippen molar-refractivity contribution in [2.24, 2.45) is 0 Å². The molecule has 1 aliphatic rings. The van der Waals surface area contributed by atoms with Crippen molar-refractivity contribution in [2.75, 3.05) is 43.7 Å². The fraction of sp³-hybridized carbons (Fsp3) is 1.00. The normalized spacial score (nSPS) is 23.8. The molecule has 1 fully saturated rings. The summed E-state index contributed by atoms with van der Waals surface area (Å²) >= 11 is 1.47. The number of sulfonamides is 1. The van der Waals surface area contributed by atoms with Crippen molar-refractivity contribution < 1.29 is 16.8 Å². The molecule has 1 unspecified atom stereocenters. The third kappa shape index (κ3) is 4.09. The van der Waals surface area contributed by atoms with Gasteiger partial charge in [0, 0.05) is 30.9 Å². The smallest absolute Gasteiger partial charge is 0.216 e. The Morgan fingerprint density at radius 3 is 2.53 bits per heavy atom. The Labute approximate surface area is 107 Å². The first kappa shape index (κ1) is 15.2. The number of hydrogen-bond donors (Lipinski definition) is 1. The van der Waals surface area contributed by atoms with Crippen molar-refractivity contribution in [3.8, 4) is 0 Å². The minimum Gasteiger partial charge on any atom is -0.319 e. The maximum Gasteiger partial charge on any atom is 0.216 e. The summed E-state index contributed by atoms with van der Waals surface area (Å²) in [6.45, 7) is 0.594. The van der Waals surface area contributed by atoms with Gasteiger partial charge < -0.3 is 5.32 Å². The topological polar surface area (TPSA) is 83.6 Å². The molecule has 1 N–H and O–H groups in total. The van der Waals surface area contributed by atoms with Crippen LogP contribution in [0.1, 0.15) is 0 Å². The van der Waals surface area contributed by atoms with Crippen LogP contribution in [0.5, 0.6) is 0 Å². The molecule has 0 aromatic heterocycles. The monoisotopic (exact) mass is 302 g/mol. The van der Waals surface area contributed by atoms with E-state index in [0.717, 1.165) is 10.6 Å². The Balaban J connectivity index is 2.92. The molecule has 0 amide bonds. The van der Waals surface area contributed by atoms with Gasteiger partial charge in [0.15, 0.2) is 9.84 Å². The van der Waals surface area contributed by atoms with Gasteiger partial charge in [-0.15, -0.1) is 0 Å². The minimum atomic E-state index is -3.50. The summed E-state index contributed by atoms with van der Waals surface area (Å²) < 4.78 is 48.3. The van der Waals surface area contributed by atoms with Crippen molar-refractivity contribution >= 4 is 31.6 Å². The molecule has 1 saturated heterocycles. The summed E-state index contributed by atoms with van der Waals surface area (Å²) in [7, 11) is -5.21. The lowest BCUT2D eigenvalue weighted by atomic mass is 10.6. The number of thioether (sulfide) groups is 1. The molecule has 0 radical (unpaired) electrons. The van der Waals surface area contributed by atoms with E-state index in [2.05, 4.69) is 5.32 Å². The first-order valence-corrected chi connectivity index (χ1v) is 9.91. The Morgan fingerprint density at radius 2 is 2.00 bits per heavy atom. The van der Waals surface area contributed by atoms with Gasteiger partial charge in [-0.25, -0.2) is 16.8 Å². The van der Waals surface area contributed by atoms with Crippen LogP contribution in [0, 0.1) is 0 Å². The molecule has 1 aliphatic heterocycles. The Hall–Kier alpha value is 0.170. The Bertz CT molecular complexity index is 445. The van der Waals surface area contributed by atoms with Gasteiger partial charge in [-0.2, -0.15) is 16.1 Å². The second-order valence-electron chi connectivity index (χ2n) is 3.89. The van der Waals surface area contributed by atoms with Gasteiger partial charge in [-0.1, -0.05) is 0 Å². The van der Waals surface area contributed by atoms with E-state index in [-0.39, 0.29) is 12.3 Å². The van der Waals surface area contributed by atoms with E-state index in [9.17, 15) is 16.8 Å². The fourth-order valence-electron chi connectivity index (χ4n) is 1.57. The van der Waals surface area contributed by atoms with Gasteiger partial charge >= 0.3 is 0 Å². The third-order valence-corrected chi connectivity index (χ3v) is 7.15. The molecule has 0 spiro atoms. The number of rotatable bonds is 5. The van der Waals surface area contributed by atoms with Gasteiger partial charge in [0.25, 0.3) is 0 Å². The lowest BCUT2D eigenvalue weighted by molar-refractivity contribution is 0.404. The number of nitrogens with zero attached hydrogens (tertiary/aromatic N) is 1. The minimum absolute atomic E-state index is 0.0693. The Kier molecular flexibility index (Phi) is 5.26. The van der Waals surface area contributed by atoms with Crippen LogP contribution in [0.15, 0.2) is 0 Å². The van der Waals surface area contributed by atoms with Gasteiger partial charge in [0.2, 0.25) is 10.0 Å². The van der Waals surface area contributed by atoms with Gasteiger partial charge in [-0.3, -0.25) is 0 Å². The first-order chi connectivity index (χ1) is 7.79. The molecule has 6 nitrogen and oxygen atoms in total. The second-order valence-corrected chi connectivity index (χ2v) is 9.28. The van der Waals surface area contributed by atoms with Crippen LogP contribution in [-0.2, 0) is 19.9 Å². The summed E-state index contributed by atoms with van der Waals surface area (Å²) in [4.78, 5) is 0. The summed E-state index contributed by atoms with van der Waals surface area (Å²) in [5, 5.41) is 1.84. The summed E-state index contributed by atoms with van der Waals surface area (Å²) in [6, 6.07) is 0. The molecule has 0 saturated carbocycles. The van der Waals surface area contributed by atoms with Crippen LogP contribution >= 0.6 is 11.8 Å². The predicted octanol–water partition coefficient (Wildman–Crippen LogP) is -1.04. The highest BCUT2D eigenvalue weighted by atomic mass is 32.2. The molecule has 102 valence electrons. The molecule has 1 heterocycles. The molecule has 0 aromatic carbocycles. The number of sulfone groups is 1. The lowest BCUT2D eigenvalue weighted by Crippen LogP contribution is -2.51. The molecular weight excluding hydrogens is 284 g/mol. The third-order valence-electron chi connectivity index (χ3n) is 2.50. The van der Waals surface area contributed by atoms with E-state index in [4.69, 9.17) is 0 Å². The van der Waals surface area contributed by atoms with Crippen LogP contribution in [0.4, 0.5) is 0 Å². The zero-order chi connectivity index (χ0) is 13.1. The van der Waals surface area contributed by atoms with Crippen LogP contribution in [0.25, 0.3) is 0 Å². The zero-order valence-electron chi connectivity index (χ0n) is 9.92. The predicted molar refractivity (Wildman–Crippen MR) is 70.4 cm³/mol. The highest BCUT2D eigenvalue weighted by Crippen LogP contribution is 2.23. The molecule has 1 atom stereocenters. The van der Waals surface area contributed by atoms with Crippen molar-refractivity contribution in [3.05, 3.63) is 0 Å². The molecule has 0 aromatic rings. The Morgan fingerprint density at radius 1 is 1.35 bits per heavy atom. The highest BCUT2D eigenvalue weighted by molar-refractivity contribution is 8.01. The standard InChI is InChI=1S/C8H18N2O4S3/c1-9-3-6-17(13,14)10-4-5-15-7-8(10)16(2,11)12/h8-9H,3-7H2,1-2H3. The van der Waals surface area contributed by atoms with E-state index in [1.54, 1.807) is 7.05 Å². The average molecular weight is 302 g/mol. The molecular formula is C8H18N2O4S3. The van der Waals surface area contributed by atoms with Crippen LogP contribution in [0.3, 0.4) is 0 Å². The van der Waals surface area contributed by atoms with Crippen molar-refractivity contribution in [3.63, 3.8) is 0 Å². The number of nitrogens with one attached hydrogen (secondary N) is 1. The quantitative estimate of drug-likeness (QED) is 0.698. The average Bonchev–Trinajstić information content (AvgIpc) is 2.25. The van der Waals surface area contributed by atoms with Gasteiger partial charge in [0.05, 0.1) is 5.75 Å². The van der Waals surface area contributed by atoms with Crippen molar-refractivity contribution in [1.82, 2.24) is 9.62 Å². The first-order valence-electron chi connectivity index (χ1n) is 5.20. The molecule has 1 rings (SSSR count). The van der Waals surface area contributed by atoms with E-state index < -0.39 is 25.2 Å².